The molecule has 0 spiro atoms. The Labute approximate surface area is 82.8 Å². The van der Waals surface area contributed by atoms with Crippen LogP contribution < -0.4 is 5.06 Å². The lowest BCUT2D eigenvalue weighted by Gasteiger charge is -2.10. The van der Waals surface area contributed by atoms with Crippen LogP contribution >= 0.6 is 27.3 Å². The van der Waals surface area contributed by atoms with E-state index in [0.717, 1.165) is 8.79 Å². The highest BCUT2D eigenvalue weighted by Crippen LogP contribution is 2.30. The van der Waals surface area contributed by atoms with Crippen LogP contribution in [0.1, 0.15) is 6.92 Å². The van der Waals surface area contributed by atoms with Gasteiger partial charge in [-0.2, -0.15) is 5.06 Å². The fourth-order valence-electron chi connectivity index (χ4n) is 0.905. The Bertz CT molecular complexity index is 312. The molecule has 1 aromatic heterocycles. The topological polar surface area (TPSA) is 24.8 Å². The SMILES string of the molecule is CC1N=CN(c2ccc(Br)s2)O1. The summed E-state index contributed by atoms with van der Waals surface area (Å²) in [5.74, 6) is 0. The van der Waals surface area contributed by atoms with Crippen LogP contribution in [0.25, 0.3) is 0 Å². The van der Waals surface area contributed by atoms with Crippen molar-refractivity contribution in [1.82, 2.24) is 0 Å². The van der Waals surface area contributed by atoms with E-state index in [1.165, 1.54) is 0 Å². The summed E-state index contributed by atoms with van der Waals surface area (Å²) in [5.41, 5.74) is 0. The van der Waals surface area contributed by atoms with Crippen LogP contribution in [-0.2, 0) is 4.84 Å². The Hall–Kier alpha value is -0.390. The molecule has 0 amide bonds. The van der Waals surface area contributed by atoms with Gasteiger partial charge in [-0.1, -0.05) is 0 Å². The van der Waals surface area contributed by atoms with Gasteiger partial charge in [-0.3, -0.25) is 0 Å². The molecule has 0 bridgehead atoms. The summed E-state index contributed by atoms with van der Waals surface area (Å²) in [6.45, 7) is 1.90. The number of rotatable bonds is 1. The van der Waals surface area contributed by atoms with E-state index in [9.17, 15) is 0 Å². The van der Waals surface area contributed by atoms with Gasteiger partial charge in [-0.05, 0) is 35.0 Å². The predicted molar refractivity (Wildman–Crippen MR) is 53.5 cm³/mol. The van der Waals surface area contributed by atoms with Crippen molar-refractivity contribution >= 4 is 38.6 Å². The van der Waals surface area contributed by atoms with E-state index in [-0.39, 0.29) is 6.23 Å². The van der Waals surface area contributed by atoms with E-state index in [1.54, 1.807) is 22.7 Å². The Morgan fingerprint density at radius 3 is 3.00 bits per heavy atom. The summed E-state index contributed by atoms with van der Waals surface area (Å²) in [6, 6.07) is 3.97. The normalized spacial score (nSPS) is 22.2. The number of hydrogen-bond donors (Lipinski definition) is 0. The van der Waals surface area contributed by atoms with E-state index >= 15 is 0 Å². The van der Waals surface area contributed by atoms with Gasteiger partial charge < -0.3 is 0 Å². The fourth-order valence-corrected chi connectivity index (χ4v) is 2.19. The molecule has 0 radical (unpaired) electrons. The average Bonchev–Trinajstić information content (AvgIpc) is 2.58. The Morgan fingerprint density at radius 1 is 1.67 bits per heavy atom. The zero-order chi connectivity index (χ0) is 8.55. The van der Waals surface area contributed by atoms with Gasteiger partial charge >= 0.3 is 0 Å². The summed E-state index contributed by atoms with van der Waals surface area (Å²) in [5, 5.41) is 2.72. The van der Waals surface area contributed by atoms with E-state index in [1.807, 2.05) is 19.1 Å². The second kappa shape index (κ2) is 3.16. The van der Waals surface area contributed by atoms with Crippen molar-refractivity contribution in [2.75, 3.05) is 5.06 Å². The largest absolute Gasteiger partial charge is 0.240 e. The van der Waals surface area contributed by atoms with Crippen molar-refractivity contribution < 1.29 is 4.84 Å². The van der Waals surface area contributed by atoms with Crippen LogP contribution in [0.3, 0.4) is 0 Å². The van der Waals surface area contributed by atoms with Crippen molar-refractivity contribution in [3.05, 3.63) is 15.9 Å². The summed E-state index contributed by atoms with van der Waals surface area (Å²) in [7, 11) is 0. The molecule has 12 heavy (non-hydrogen) atoms. The molecule has 0 fully saturated rings. The maximum Gasteiger partial charge on any atom is 0.174 e. The minimum Gasteiger partial charge on any atom is -0.240 e. The highest BCUT2D eigenvalue weighted by Gasteiger charge is 2.16. The maximum atomic E-state index is 5.36. The van der Waals surface area contributed by atoms with E-state index < -0.39 is 0 Å². The van der Waals surface area contributed by atoms with E-state index in [4.69, 9.17) is 4.84 Å². The highest BCUT2D eigenvalue weighted by atomic mass is 79.9. The summed E-state index contributed by atoms with van der Waals surface area (Å²) < 4.78 is 1.09. The summed E-state index contributed by atoms with van der Waals surface area (Å²) >= 11 is 5.00. The molecule has 2 heterocycles. The van der Waals surface area contributed by atoms with Crippen molar-refractivity contribution in [2.24, 2.45) is 4.99 Å². The van der Waals surface area contributed by atoms with E-state index in [2.05, 4.69) is 20.9 Å². The standard InChI is InChI=1S/C7H7BrN2OS/c1-5-9-4-10(11-5)7-3-2-6(8)12-7/h2-5H,1H3. The lowest BCUT2D eigenvalue weighted by molar-refractivity contribution is 0.102. The molecule has 1 aromatic rings. The lowest BCUT2D eigenvalue weighted by atomic mass is 10.6. The van der Waals surface area contributed by atoms with Crippen LogP contribution in [-0.4, -0.2) is 12.6 Å². The van der Waals surface area contributed by atoms with Crippen molar-refractivity contribution in [3.8, 4) is 0 Å². The highest BCUT2D eigenvalue weighted by molar-refractivity contribution is 9.11. The van der Waals surface area contributed by atoms with Gasteiger partial charge in [0.25, 0.3) is 0 Å². The minimum atomic E-state index is -0.0640. The van der Waals surface area contributed by atoms with Gasteiger partial charge in [0.2, 0.25) is 0 Å². The van der Waals surface area contributed by atoms with Crippen molar-refractivity contribution in [2.45, 2.75) is 13.2 Å². The molecule has 1 aliphatic heterocycles. The van der Waals surface area contributed by atoms with Crippen LogP contribution in [0.4, 0.5) is 5.00 Å². The summed E-state index contributed by atoms with van der Waals surface area (Å²) in [6.07, 6.45) is 1.63. The number of thiophene rings is 1. The van der Waals surface area contributed by atoms with Crippen LogP contribution in [0.15, 0.2) is 20.9 Å². The zero-order valence-electron chi connectivity index (χ0n) is 6.40. The number of aliphatic imine (C=N–C) groups is 1. The molecular formula is C7H7BrN2OS. The molecule has 0 N–H and O–H groups in total. The molecule has 1 aliphatic rings. The third-order valence-corrected chi connectivity index (χ3v) is 3.03. The summed E-state index contributed by atoms with van der Waals surface area (Å²) in [4.78, 5) is 9.43. The first-order valence-corrected chi connectivity index (χ1v) is 5.11. The number of anilines is 1. The number of hydrogen-bond acceptors (Lipinski definition) is 4. The molecule has 0 aromatic carbocycles. The Kier molecular flexibility index (Phi) is 2.16. The first kappa shape index (κ1) is 8.22. The van der Waals surface area contributed by atoms with Gasteiger partial charge in [-0.25, -0.2) is 9.83 Å². The van der Waals surface area contributed by atoms with Gasteiger partial charge in [-0.15, -0.1) is 11.3 Å². The quantitative estimate of drug-likeness (QED) is 0.762. The van der Waals surface area contributed by atoms with Gasteiger partial charge in [0.15, 0.2) is 6.23 Å². The predicted octanol–water partition coefficient (Wildman–Crippen LogP) is 2.64. The minimum absolute atomic E-state index is 0.0640. The second-order valence-corrected chi connectivity index (χ2v) is 4.81. The molecule has 1 atom stereocenters. The fraction of sp³-hybridized carbons (Fsp3) is 0.286. The molecule has 2 rings (SSSR count). The molecule has 1 unspecified atom stereocenters. The molecule has 0 saturated heterocycles. The number of nitrogens with zero attached hydrogens (tertiary/aromatic N) is 2. The van der Waals surface area contributed by atoms with Crippen LogP contribution in [0.2, 0.25) is 0 Å². The molecule has 0 aliphatic carbocycles. The number of hydroxylamine groups is 1. The molecule has 5 heteroatoms. The number of halogens is 1. The second-order valence-electron chi connectivity index (χ2n) is 2.37. The van der Waals surface area contributed by atoms with Gasteiger partial charge in [0, 0.05) is 0 Å². The smallest absolute Gasteiger partial charge is 0.174 e. The molecule has 0 saturated carbocycles. The van der Waals surface area contributed by atoms with E-state index in [0.29, 0.717) is 0 Å². The molecular weight excluding hydrogens is 240 g/mol. The van der Waals surface area contributed by atoms with Crippen molar-refractivity contribution in [3.63, 3.8) is 0 Å². The van der Waals surface area contributed by atoms with Gasteiger partial charge in [0.1, 0.15) is 11.3 Å². The maximum absolute atomic E-state index is 5.36. The monoisotopic (exact) mass is 246 g/mol. The average molecular weight is 247 g/mol. The third kappa shape index (κ3) is 1.53. The third-order valence-electron chi connectivity index (χ3n) is 1.42. The van der Waals surface area contributed by atoms with Crippen molar-refractivity contribution in [1.29, 1.82) is 0 Å². The Balaban J connectivity index is 2.17. The first-order valence-electron chi connectivity index (χ1n) is 3.50. The zero-order valence-corrected chi connectivity index (χ0v) is 8.80. The van der Waals surface area contributed by atoms with Crippen LogP contribution in [0.5, 0.6) is 0 Å². The lowest BCUT2D eigenvalue weighted by Crippen LogP contribution is -2.16. The Morgan fingerprint density at radius 2 is 2.50 bits per heavy atom. The molecule has 64 valence electrons. The van der Waals surface area contributed by atoms with Gasteiger partial charge in [0.05, 0.1) is 3.79 Å². The first-order chi connectivity index (χ1) is 5.75. The van der Waals surface area contributed by atoms with Crippen LogP contribution in [0, 0.1) is 0 Å². The molecule has 3 nitrogen and oxygen atoms in total.